The molecule has 6 nitrogen and oxygen atoms in total. The Bertz CT molecular complexity index is 512. The number of phenols is 1. The predicted molar refractivity (Wildman–Crippen MR) is 79.6 cm³/mol. The van der Waals surface area contributed by atoms with Crippen molar-refractivity contribution in [3.8, 4) is 5.75 Å². The van der Waals surface area contributed by atoms with Gasteiger partial charge in [-0.1, -0.05) is 12.1 Å². The Hall–Kier alpha value is -1.89. The molecular weight excluding hydrogens is 294 g/mol. The van der Waals surface area contributed by atoms with Gasteiger partial charge in [0.25, 0.3) is 0 Å². The maximum absolute atomic E-state index is 11.6. The molecule has 0 aliphatic heterocycles. The Morgan fingerprint density at radius 1 is 1.33 bits per heavy atom. The standard InChI is InChI=1S/C14H19NO5S/c1-14(2,3)20-13(19)15-9(12(17)18)8-21-11-7-5-4-6-10(11)16/h4-7,9,16H,8H2,1-3H3,(H,15,19)(H,17,18). The number of carboxylic acids is 1. The summed E-state index contributed by atoms with van der Waals surface area (Å²) in [5, 5.41) is 21.0. The molecule has 1 aromatic rings. The summed E-state index contributed by atoms with van der Waals surface area (Å²) in [5.41, 5.74) is -0.696. The Kier molecular flexibility index (Phi) is 5.90. The fourth-order valence-electron chi connectivity index (χ4n) is 1.38. The van der Waals surface area contributed by atoms with Gasteiger partial charge in [-0.15, -0.1) is 11.8 Å². The van der Waals surface area contributed by atoms with Gasteiger partial charge in [0.15, 0.2) is 0 Å². The van der Waals surface area contributed by atoms with Crippen molar-refractivity contribution in [2.45, 2.75) is 37.3 Å². The number of thioether (sulfide) groups is 1. The van der Waals surface area contributed by atoms with E-state index >= 15 is 0 Å². The molecule has 0 aromatic heterocycles. The summed E-state index contributed by atoms with van der Waals surface area (Å²) in [6.07, 6.45) is -0.784. The van der Waals surface area contributed by atoms with E-state index in [4.69, 9.17) is 9.84 Å². The molecule has 0 bridgehead atoms. The zero-order valence-corrected chi connectivity index (χ0v) is 12.9. The van der Waals surface area contributed by atoms with E-state index < -0.39 is 23.7 Å². The maximum atomic E-state index is 11.6. The second-order valence-electron chi connectivity index (χ2n) is 5.32. The Labute approximate surface area is 127 Å². The average Bonchev–Trinajstić information content (AvgIpc) is 2.33. The van der Waals surface area contributed by atoms with E-state index in [1.165, 1.54) is 6.07 Å². The number of rotatable bonds is 5. The van der Waals surface area contributed by atoms with Crippen LogP contribution >= 0.6 is 11.8 Å². The normalized spacial score (nSPS) is 12.5. The minimum Gasteiger partial charge on any atom is -0.507 e. The van der Waals surface area contributed by atoms with E-state index in [1.807, 2.05) is 0 Å². The van der Waals surface area contributed by atoms with Gasteiger partial charge in [-0.05, 0) is 32.9 Å². The van der Waals surface area contributed by atoms with Crippen LogP contribution in [0.2, 0.25) is 0 Å². The number of carboxylic acid groups (broad SMARTS) is 1. The molecule has 0 aliphatic rings. The van der Waals surface area contributed by atoms with Gasteiger partial charge < -0.3 is 20.3 Å². The predicted octanol–water partition coefficient (Wildman–Crippen LogP) is 2.46. The van der Waals surface area contributed by atoms with Crippen molar-refractivity contribution in [1.82, 2.24) is 5.32 Å². The second-order valence-corrected chi connectivity index (χ2v) is 6.38. The largest absolute Gasteiger partial charge is 0.507 e. The zero-order chi connectivity index (χ0) is 16.0. The van der Waals surface area contributed by atoms with Gasteiger partial charge in [-0.25, -0.2) is 9.59 Å². The van der Waals surface area contributed by atoms with Gasteiger partial charge in [0.1, 0.15) is 17.4 Å². The zero-order valence-electron chi connectivity index (χ0n) is 12.1. The molecule has 0 saturated carbocycles. The SMILES string of the molecule is CC(C)(C)OC(=O)NC(CSc1ccccc1O)C(=O)O. The number of hydrogen-bond acceptors (Lipinski definition) is 5. The van der Waals surface area contributed by atoms with Gasteiger partial charge in [0.2, 0.25) is 0 Å². The highest BCUT2D eigenvalue weighted by molar-refractivity contribution is 7.99. The van der Waals surface area contributed by atoms with Crippen molar-refractivity contribution >= 4 is 23.8 Å². The first-order valence-corrected chi connectivity index (χ1v) is 7.31. The first-order chi connectivity index (χ1) is 9.69. The minimum atomic E-state index is -1.16. The van der Waals surface area contributed by atoms with Crippen LogP contribution in [0, 0.1) is 0 Å². The van der Waals surface area contributed by atoms with Crippen molar-refractivity contribution in [3.05, 3.63) is 24.3 Å². The number of carbonyl (C=O) groups excluding carboxylic acids is 1. The number of ether oxygens (including phenoxy) is 1. The number of carbonyl (C=O) groups is 2. The van der Waals surface area contributed by atoms with Crippen molar-refractivity contribution in [2.24, 2.45) is 0 Å². The van der Waals surface area contributed by atoms with Crippen LogP contribution in [0.5, 0.6) is 5.75 Å². The van der Waals surface area contributed by atoms with Crippen LogP contribution in [-0.4, -0.2) is 39.7 Å². The number of hydrogen-bond donors (Lipinski definition) is 3. The number of benzene rings is 1. The van der Waals surface area contributed by atoms with E-state index in [0.29, 0.717) is 4.90 Å². The van der Waals surface area contributed by atoms with Crippen LogP contribution in [0.15, 0.2) is 29.2 Å². The summed E-state index contributed by atoms with van der Waals surface area (Å²) in [4.78, 5) is 23.3. The molecule has 116 valence electrons. The smallest absolute Gasteiger partial charge is 0.408 e. The molecule has 0 radical (unpaired) electrons. The number of nitrogens with one attached hydrogen (secondary N) is 1. The van der Waals surface area contributed by atoms with Gasteiger partial charge in [0, 0.05) is 10.6 Å². The van der Waals surface area contributed by atoms with Crippen molar-refractivity contribution in [3.63, 3.8) is 0 Å². The Balaban J connectivity index is 2.61. The molecule has 3 N–H and O–H groups in total. The van der Waals surface area contributed by atoms with Crippen LogP contribution in [0.4, 0.5) is 4.79 Å². The number of alkyl carbamates (subject to hydrolysis) is 1. The van der Waals surface area contributed by atoms with Gasteiger partial charge >= 0.3 is 12.1 Å². The van der Waals surface area contributed by atoms with Gasteiger partial charge in [0.05, 0.1) is 0 Å². The molecule has 1 unspecified atom stereocenters. The summed E-state index contributed by atoms with van der Waals surface area (Å²) in [5.74, 6) is -1.01. The molecule has 1 aromatic carbocycles. The van der Waals surface area contributed by atoms with E-state index in [9.17, 15) is 14.7 Å². The van der Waals surface area contributed by atoms with E-state index in [-0.39, 0.29) is 11.5 Å². The van der Waals surface area contributed by atoms with Crippen molar-refractivity contribution < 1.29 is 24.5 Å². The van der Waals surface area contributed by atoms with Crippen LogP contribution in [0.25, 0.3) is 0 Å². The van der Waals surface area contributed by atoms with E-state index in [2.05, 4.69) is 5.32 Å². The summed E-state index contributed by atoms with van der Waals surface area (Å²) < 4.78 is 5.02. The lowest BCUT2D eigenvalue weighted by molar-refractivity contribution is -0.138. The third-order valence-corrected chi connectivity index (χ3v) is 3.42. The molecule has 0 heterocycles. The highest BCUT2D eigenvalue weighted by Crippen LogP contribution is 2.28. The lowest BCUT2D eigenvalue weighted by atomic mass is 10.2. The highest BCUT2D eigenvalue weighted by Gasteiger charge is 2.24. The van der Waals surface area contributed by atoms with Crippen LogP contribution in [0.3, 0.4) is 0 Å². The quantitative estimate of drug-likeness (QED) is 0.723. The van der Waals surface area contributed by atoms with Crippen LogP contribution < -0.4 is 5.32 Å². The number of aromatic hydroxyl groups is 1. The average molecular weight is 313 g/mol. The summed E-state index contributed by atoms with van der Waals surface area (Å²) in [7, 11) is 0. The molecule has 1 rings (SSSR count). The number of phenolic OH excluding ortho intramolecular Hbond substituents is 1. The minimum absolute atomic E-state index is 0.0731. The monoisotopic (exact) mass is 313 g/mol. The molecule has 21 heavy (non-hydrogen) atoms. The summed E-state index contributed by atoms with van der Waals surface area (Å²) in [6.45, 7) is 5.08. The van der Waals surface area contributed by atoms with Gasteiger partial charge in [-0.2, -0.15) is 0 Å². The number of amides is 1. The Morgan fingerprint density at radius 3 is 2.48 bits per heavy atom. The highest BCUT2D eigenvalue weighted by atomic mass is 32.2. The van der Waals surface area contributed by atoms with Crippen LogP contribution in [-0.2, 0) is 9.53 Å². The molecule has 0 aliphatic carbocycles. The third kappa shape index (κ3) is 6.40. The number of aliphatic carboxylic acids is 1. The molecule has 7 heteroatoms. The molecule has 0 fully saturated rings. The Morgan fingerprint density at radius 2 is 1.95 bits per heavy atom. The van der Waals surface area contributed by atoms with E-state index in [1.54, 1.807) is 39.0 Å². The van der Waals surface area contributed by atoms with Crippen molar-refractivity contribution in [2.75, 3.05) is 5.75 Å². The second kappa shape index (κ2) is 7.21. The fraction of sp³-hybridized carbons (Fsp3) is 0.429. The molecule has 1 atom stereocenters. The fourth-order valence-corrected chi connectivity index (χ4v) is 2.34. The van der Waals surface area contributed by atoms with Gasteiger partial charge in [-0.3, -0.25) is 0 Å². The third-order valence-electron chi connectivity index (χ3n) is 2.26. The molecule has 0 spiro atoms. The summed E-state index contributed by atoms with van der Waals surface area (Å²) in [6, 6.07) is 5.49. The maximum Gasteiger partial charge on any atom is 0.408 e. The number of para-hydroxylation sites is 1. The van der Waals surface area contributed by atoms with Crippen LogP contribution in [0.1, 0.15) is 20.8 Å². The first kappa shape index (κ1) is 17.2. The van der Waals surface area contributed by atoms with Crippen molar-refractivity contribution in [1.29, 1.82) is 0 Å². The lowest BCUT2D eigenvalue weighted by Gasteiger charge is -2.21. The first-order valence-electron chi connectivity index (χ1n) is 6.32. The molecule has 0 saturated heterocycles. The summed E-state index contributed by atoms with van der Waals surface area (Å²) >= 11 is 1.14. The topological polar surface area (TPSA) is 95.9 Å². The lowest BCUT2D eigenvalue weighted by Crippen LogP contribution is -2.44. The molecular formula is C14H19NO5S. The molecule has 1 amide bonds. The van der Waals surface area contributed by atoms with E-state index in [0.717, 1.165) is 11.8 Å².